The molecule has 2 saturated heterocycles. The summed E-state index contributed by atoms with van der Waals surface area (Å²) in [7, 11) is 1.37. The number of ether oxygens (including phenoxy) is 2. The maximum atomic E-state index is 12.6. The molecule has 0 N–H and O–H groups in total. The van der Waals surface area contributed by atoms with Gasteiger partial charge in [-0.3, -0.25) is 14.7 Å². The van der Waals surface area contributed by atoms with Gasteiger partial charge in [0.1, 0.15) is 11.6 Å². The molecular formula is C22H33N3O4. The molecule has 0 unspecified atom stereocenters. The fraction of sp³-hybridized carbons (Fsp3) is 0.636. The third-order valence-corrected chi connectivity index (χ3v) is 5.55. The molecule has 160 valence electrons. The number of hydrogen-bond donors (Lipinski definition) is 0. The van der Waals surface area contributed by atoms with Crippen LogP contribution in [0.3, 0.4) is 0 Å². The topological polar surface area (TPSA) is 62.3 Å². The second-order valence-corrected chi connectivity index (χ2v) is 8.86. The average Bonchev–Trinajstić information content (AvgIpc) is 3.13. The Balaban J connectivity index is 1.58. The number of hydrogen-bond acceptors (Lipinski definition) is 6. The van der Waals surface area contributed by atoms with Gasteiger partial charge in [-0.25, -0.2) is 9.59 Å². The highest BCUT2D eigenvalue weighted by Crippen LogP contribution is 2.26. The fourth-order valence-corrected chi connectivity index (χ4v) is 4.09. The molecule has 2 aliphatic rings. The number of methoxy groups -OCH3 is 1. The van der Waals surface area contributed by atoms with Crippen molar-refractivity contribution in [1.29, 1.82) is 0 Å². The van der Waals surface area contributed by atoms with Crippen LogP contribution in [-0.4, -0.2) is 84.3 Å². The van der Waals surface area contributed by atoms with Gasteiger partial charge in [-0.15, -0.1) is 0 Å². The Morgan fingerprint density at radius 1 is 1.07 bits per heavy atom. The molecular weight excluding hydrogens is 370 g/mol. The average molecular weight is 404 g/mol. The molecule has 2 heterocycles. The number of carbonyl (C=O) groups excluding carboxylic acids is 2. The van der Waals surface area contributed by atoms with Crippen LogP contribution in [-0.2, 0) is 20.8 Å². The second kappa shape index (κ2) is 9.13. The lowest BCUT2D eigenvalue weighted by atomic mass is 10.1. The molecule has 0 aliphatic carbocycles. The van der Waals surface area contributed by atoms with Crippen molar-refractivity contribution < 1.29 is 19.1 Å². The van der Waals surface area contributed by atoms with Crippen molar-refractivity contribution >= 4 is 12.1 Å². The van der Waals surface area contributed by atoms with Crippen molar-refractivity contribution in [1.82, 2.24) is 14.7 Å². The molecule has 0 bridgehead atoms. The van der Waals surface area contributed by atoms with E-state index in [1.807, 2.05) is 26.8 Å². The number of amides is 1. The van der Waals surface area contributed by atoms with Crippen molar-refractivity contribution in [3.63, 3.8) is 0 Å². The van der Waals surface area contributed by atoms with Gasteiger partial charge in [-0.1, -0.05) is 30.3 Å². The van der Waals surface area contributed by atoms with Gasteiger partial charge in [-0.2, -0.15) is 0 Å². The summed E-state index contributed by atoms with van der Waals surface area (Å²) in [5.74, 6) is -0.374. The van der Waals surface area contributed by atoms with Crippen LogP contribution in [0, 0.1) is 0 Å². The Morgan fingerprint density at radius 2 is 1.72 bits per heavy atom. The van der Waals surface area contributed by atoms with Crippen molar-refractivity contribution in [3.8, 4) is 0 Å². The van der Waals surface area contributed by atoms with E-state index in [0.717, 1.165) is 32.7 Å². The number of piperazine rings is 1. The standard InChI is InChI=1S/C22H33N3O4/c1-22(2,3)29-21(27)25-16-18(14-19(25)20(26)28-4)24-12-10-23(11-13-24)15-17-8-6-5-7-9-17/h5-9,18-19H,10-16H2,1-4H3/t18-,19-/m0/s1. The summed E-state index contributed by atoms with van der Waals surface area (Å²) in [6.07, 6.45) is 0.142. The van der Waals surface area contributed by atoms with Crippen LogP contribution in [0.4, 0.5) is 4.79 Å². The number of benzene rings is 1. The van der Waals surface area contributed by atoms with Gasteiger partial charge in [0.05, 0.1) is 7.11 Å². The molecule has 1 aromatic carbocycles. The lowest BCUT2D eigenvalue weighted by Gasteiger charge is -2.38. The van der Waals surface area contributed by atoms with Crippen LogP contribution < -0.4 is 0 Å². The largest absolute Gasteiger partial charge is 0.467 e. The summed E-state index contributed by atoms with van der Waals surface area (Å²) < 4.78 is 10.5. The molecule has 1 aromatic rings. The summed E-state index contributed by atoms with van der Waals surface area (Å²) in [6.45, 7) is 10.7. The predicted molar refractivity (Wildman–Crippen MR) is 110 cm³/mol. The van der Waals surface area contributed by atoms with Crippen LogP contribution in [0.25, 0.3) is 0 Å². The maximum absolute atomic E-state index is 12.6. The first kappa shape index (κ1) is 21.6. The predicted octanol–water partition coefficient (Wildman–Crippen LogP) is 2.36. The van der Waals surface area contributed by atoms with Crippen LogP contribution in [0.2, 0.25) is 0 Å². The number of likely N-dealkylation sites (tertiary alicyclic amines) is 1. The Morgan fingerprint density at radius 3 is 2.31 bits per heavy atom. The van der Waals surface area contributed by atoms with Crippen LogP contribution in [0.15, 0.2) is 30.3 Å². The monoisotopic (exact) mass is 403 g/mol. The first-order chi connectivity index (χ1) is 13.8. The highest BCUT2D eigenvalue weighted by Gasteiger charge is 2.44. The minimum atomic E-state index is -0.598. The second-order valence-electron chi connectivity index (χ2n) is 8.86. The van der Waals surface area contributed by atoms with E-state index < -0.39 is 17.7 Å². The van der Waals surface area contributed by atoms with Gasteiger partial charge < -0.3 is 9.47 Å². The van der Waals surface area contributed by atoms with E-state index in [9.17, 15) is 9.59 Å². The highest BCUT2D eigenvalue weighted by atomic mass is 16.6. The zero-order chi connectivity index (χ0) is 21.0. The summed E-state index contributed by atoms with van der Waals surface area (Å²) >= 11 is 0. The molecule has 0 saturated carbocycles. The first-order valence-electron chi connectivity index (χ1n) is 10.3. The van der Waals surface area contributed by atoms with Gasteiger partial charge in [-0.05, 0) is 32.8 Å². The molecule has 29 heavy (non-hydrogen) atoms. The lowest BCUT2D eigenvalue weighted by Crippen LogP contribution is -2.51. The fourth-order valence-electron chi connectivity index (χ4n) is 4.09. The van der Waals surface area contributed by atoms with Crippen molar-refractivity contribution in [3.05, 3.63) is 35.9 Å². The van der Waals surface area contributed by atoms with Crippen LogP contribution in [0.1, 0.15) is 32.8 Å². The zero-order valence-corrected chi connectivity index (χ0v) is 18.0. The minimum absolute atomic E-state index is 0.144. The zero-order valence-electron chi connectivity index (χ0n) is 18.0. The number of rotatable bonds is 4. The van der Waals surface area contributed by atoms with Gasteiger partial charge in [0.25, 0.3) is 0 Å². The molecule has 0 spiro atoms. The smallest absolute Gasteiger partial charge is 0.411 e. The first-order valence-corrected chi connectivity index (χ1v) is 10.3. The van der Waals surface area contributed by atoms with Crippen molar-refractivity contribution in [2.45, 2.75) is 51.4 Å². The van der Waals surface area contributed by atoms with E-state index in [0.29, 0.717) is 13.0 Å². The minimum Gasteiger partial charge on any atom is -0.467 e. The molecule has 7 heteroatoms. The molecule has 7 nitrogen and oxygen atoms in total. The quantitative estimate of drug-likeness (QED) is 0.720. The summed E-state index contributed by atoms with van der Waals surface area (Å²) in [4.78, 5) is 31.3. The Kier molecular flexibility index (Phi) is 6.80. The third-order valence-electron chi connectivity index (χ3n) is 5.55. The van der Waals surface area contributed by atoms with E-state index in [4.69, 9.17) is 9.47 Å². The normalized spacial score (nSPS) is 23.8. The highest BCUT2D eigenvalue weighted by molar-refractivity contribution is 5.82. The summed E-state index contributed by atoms with van der Waals surface area (Å²) in [6, 6.07) is 10.1. The van der Waals surface area contributed by atoms with E-state index in [-0.39, 0.29) is 12.0 Å². The molecule has 1 amide bonds. The molecule has 2 fully saturated rings. The SMILES string of the molecule is COC(=O)[C@@H]1C[C@H](N2CCN(Cc3ccccc3)CC2)CN1C(=O)OC(C)(C)C. The van der Waals surface area contributed by atoms with E-state index in [1.165, 1.54) is 17.6 Å². The number of carbonyl (C=O) groups is 2. The molecule has 2 aliphatic heterocycles. The lowest BCUT2D eigenvalue weighted by molar-refractivity contribution is -0.145. The van der Waals surface area contributed by atoms with E-state index >= 15 is 0 Å². The molecule has 0 aromatic heterocycles. The van der Waals surface area contributed by atoms with Gasteiger partial charge in [0.15, 0.2) is 0 Å². The van der Waals surface area contributed by atoms with Crippen LogP contribution >= 0.6 is 0 Å². The summed E-state index contributed by atoms with van der Waals surface area (Å²) in [5.41, 5.74) is 0.725. The number of nitrogens with zero attached hydrogens (tertiary/aromatic N) is 3. The Hall–Kier alpha value is -2.12. The van der Waals surface area contributed by atoms with Crippen molar-refractivity contribution in [2.75, 3.05) is 39.8 Å². The van der Waals surface area contributed by atoms with E-state index in [1.54, 1.807) is 0 Å². The summed E-state index contributed by atoms with van der Waals surface area (Å²) in [5, 5.41) is 0. The molecule has 2 atom stereocenters. The van der Waals surface area contributed by atoms with E-state index in [2.05, 4.69) is 34.1 Å². The van der Waals surface area contributed by atoms with Gasteiger partial charge >= 0.3 is 12.1 Å². The maximum Gasteiger partial charge on any atom is 0.411 e. The third kappa shape index (κ3) is 5.70. The van der Waals surface area contributed by atoms with Crippen LogP contribution in [0.5, 0.6) is 0 Å². The molecule has 3 rings (SSSR count). The van der Waals surface area contributed by atoms with Gasteiger partial charge in [0.2, 0.25) is 0 Å². The number of esters is 1. The Bertz CT molecular complexity index is 696. The van der Waals surface area contributed by atoms with Crippen molar-refractivity contribution in [2.24, 2.45) is 0 Å². The molecule has 0 radical (unpaired) electrons. The van der Waals surface area contributed by atoms with Gasteiger partial charge in [0, 0.05) is 45.3 Å². The Labute approximate surface area is 173 Å².